The zero-order valence-electron chi connectivity index (χ0n) is 26.4. The Bertz CT molecular complexity index is 1600. The molecule has 1 N–H and O–H groups in total. The molecule has 3 aliphatic heterocycles. The number of carbonyl (C=O) groups excluding carboxylic acids is 1. The van der Waals surface area contributed by atoms with Crippen molar-refractivity contribution >= 4 is 38.8 Å². The molecule has 2 aromatic rings. The molecule has 1 saturated carbocycles. The summed E-state index contributed by atoms with van der Waals surface area (Å²) in [6.07, 6.45) is 10.4. The van der Waals surface area contributed by atoms with Gasteiger partial charge in [-0.2, -0.15) is 0 Å². The lowest BCUT2D eigenvalue weighted by atomic mass is 9.64. The van der Waals surface area contributed by atoms with Gasteiger partial charge in [-0.25, -0.2) is 4.21 Å². The lowest BCUT2D eigenvalue weighted by molar-refractivity contribution is -0.182. The van der Waals surface area contributed by atoms with E-state index in [4.69, 9.17) is 25.8 Å². The van der Waals surface area contributed by atoms with Gasteiger partial charge >= 0.3 is 0 Å². The Morgan fingerprint density at radius 1 is 1.11 bits per heavy atom. The van der Waals surface area contributed by atoms with Crippen molar-refractivity contribution < 1.29 is 23.2 Å². The van der Waals surface area contributed by atoms with Gasteiger partial charge in [0, 0.05) is 34.3 Å². The first kappa shape index (κ1) is 31.1. The summed E-state index contributed by atoms with van der Waals surface area (Å²) >= 11 is 6.45. The second kappa shape index (κ2) is 11.9. The minimum Gasteiger partial charge on any atom is -0.490 e. The predicted molar refractivity (Wildman–Crippen MR) is 181 cm³/mol. The first-order chi connectivity index (χ1) is 21.6. The van der Waals surface area contributed by atoms with Crippen LogP contribution in [0.3, 0.4) is 0 Å². The molecule has 45 heavy (non-hydrogen) atoms. The average Bonchev–Trinajstić information content (AvgIpc) is 3.15. The SMILES string of the molecule is C=S1(=O)NC(=O)c2ccc3c(c2)N(C[C@@H]2CC[C@H]2[C@]2(/C=C/C[C@H](C)[C@H]1C)COCCO2)C[C@@]1(CCCc2cc(Cl)ccc21)CO3. The van der Waals surface area contributed by atoms with Crippen LogP contribution in [-0.4, -0.2) is 66.4 Å². The van der Waals surface area contributed by atoms with E-state index in [-0.39, 0.29) is 22.5 Å². The van der Waals surface area contributed by atoms with Crippen molar-refractivity contribution in [3.8, 4) is 5.75 Å². The van der Waals surface area contributed by atoms with Crippen molar-refractivity contribution in [1.29, 1.82) is 0 Å². The Morgan fingerprint density at radius 3 is 2.76 bits per heavy atom. The molecule has 2 fully saturated rings. The van der Waals surface area contributed by atoms with E-state index < -0.39 is 15.3 Å². The molecule has 242 valence electrons. The lowest BCUT2D eigenvalue weighted by Gasteiger charge is -2.52. The molecular weight excluding hydrogens is 608 g/mol. The van der Waals surface area contributed by atoms with E-state index in [0.29, 0.717) is 50.2 Å². The van der Waals surface area contributed by atoms with Crippen LogP contribution in [0.1, 0.15) is 67.4 Å². The van der Waals surface area contributed by atoms with Crippen LogP contribution in [0.4, 0.5) is 5.69 Å². The van der Waals surface area contributed by atoms with E-state index in [1.165, 1.54) is 11.1 Å². The van der Waals surface area contributed by atoms with E-state index in [0.717, 1.165) is 61.7 Å². The predicted octanol–water partition coefficient (Wildman–Crippen LogP) is 5.97. The summed E-state index contributed by atoms with van der Waals surface area (Å²) in [6, 6.07) is 11.9. The highest BCUT2D eigenvalue weighted by Crippen LogP contribution is 2.49. The zero-order chi connectivity index (χ0) is 31.4. The van der Waals surface area contributed by atoms with E-state index in [9.17, 15) is 9.00 Å². The van der Waals surface area contributed by atoms with Crippen LogP contribution in [0.2, 0.25) is 5.02 Å². The number of nitrogens with one attached hydrogen (secondary N) is 1. The monoisotopic (exact) mass is 652 g/mol. The van der Waals surface area contributed by atoms with Crippen molar-refractivity contribution in [2.45, 2.75) is 68.6 Å². The molecule has 1 unspecified atom stereocenters. The summed E-state index contributed by atoms with van der Waals surface area (Å²) < 4.78 is 36.0. The maximum absolute atomic E-state index is 13.8. The van der Waals surface area contributed by atoms with Crippen molar-refractivity contribution in [1.82, 2.24) is 4.72 Å². The second-order valence-corrected chi connectivity index (χ2v) is 16.9. The third-order valence-electron chi connectivity index (χ3n) is 11.3. The smallest absolute Gasteiger partial charge is 0.262 e. The summed E-state index contributed by atoms with van der Waals surface area (Å²) in [6.45, 7) is 7.83. The van der Waals surface area contributed by atoms with Gasteiger partial charge in [-0.15, -0.1) is 0 Å². The van der Waals surface area contributed by atoms with Gasteiger partial charge < -0.3 is 19.1 Å². The number of anilines is 1. The van der Waals surface area contributed by atoms with Crippen molar-refractivity contribution in [2.75, 3.05) is 44.4 Å². The number of carbonyl (C=O) groups is 1. The molecule has 0 aromatic heterocycles. The number of aryl methyl sites for hydroxylation is 1. The van der Waals surface area contributed by atoms with Gasteiger partial charge in [-0.1, -0.05) is 36.7 Å². The number of benzene rings is 2. The molecule has 7 nitrogen and oxygen atoms in total. The molecule has 0 radical (unpaired) electrons. The third kappa shape index (κ3) is 5.70. The quantitative estimate of drug-likeness (QED) is 0.279. The molecule has 9 heteroatoms. The Hall–Kier alpha value is -2.52. The van der Waals surface area contributed by atoms with Crippen LogP contribution in [0.5, 0.6) is 5.75 Å². The van der Waals surface area contributed by atoms with Crippen LogP contribution in [0.15, 0.2) is 48.6 Å². The van der Waals surface area contributed by atoms with E-state index in [1.54, 1.807) is 6.07 Å². The van der Waals surface area contributed by atoms with Gasteiger partial charge in [0.25, 0.3) is 5.91 Å². The van der Waals surface area contributed by atoms with Crippen LogP contribution < -0.4 is 14.4 Å². The molecular formula is C36H45ClN2O5S. The van der Waals surface area contributed by atoms with Gasteiger partial charge in [0.15, 0.2) is 0 Å². The van der Waals surface area contributed by atoms with Gasteiger partial charge in [-0.05, 0) is 111 Å². The Kier molecular flexibility index (Phi) is 8.24. The Balaban J connectivity index is 1.32. The summed E-state index contributed by atoms with van der Waals surface area (Å²) in [7, 11) is -2.92. The maximum Gasteiger partial charge on any atom is 0.262 e. The fourth-order valence-corrected chi connectivity index (χ4v) is 10.00. The highest BCUT2D eigenvalue weighted by atomic mass is 35.5. The van der Waals surface area contributed by atoms with Crippen LogP contribution in [-0.2, 0) is 31.0 Å². The number of ether oxygens (including phenoxy) is 3. The Labute approximate surface area is 272 Å². The molecule has 2 spiro atoms. The van der Waals surface area contributed by atoms with Crippen molar-refractivity contribution in [3.05, 3.63) is 70.3 Å². The summed E-state index contributed by atoms with van der Waals surface area (Å²) in [4.78, 5) is 16.1. The first-order valence-corrected chi connectivity index (χ1v) is 18.6. The molecule has 5 aliphatic rings. The van der Waals surface area contributed by atoms with Gasteiger partial charge in [-0.3, -0.25) is 9.52 Å². The molecule has 2 bridgehead atoms. The standard InChI is InChI=1S/C36H45ClN2O5S/c1-24-6-4-15-36(23-42-16-17-44-36)31-11-8-28(31)20-39-21-35(14-5-7-26-18-29(37)10-12-30(26)35)22-43-33-13-9-27(19-32(33)39)34(40)38-45(3,41)25(24)2/h4,9-10,12-13,15,18-19,24-25,28,31H,3,5-8,11,14,16-17,20-23H2,1-2H3,(H,38,40,41)/b15-4+/t24-,25+,28-,31+,35-,36-,45?/m0/s1. The molecule has 1 amide bonds. The number of allylic oxidation sites excluding steroid dienone is 1. The second-order valence-electron chi connectivity index (χ2n) is 14.1. The van der Waals surface area contributed by atoms with E-state index in [2.05, 4.69) is 46.7 Å². The maximum atomic E-state index is 13.8. The van der Waals surface area contributed by atoms with Gasteiger partial charge in [0.05, 0.1) is 41.8 Å². The fraction of sp³-hybridized carbons (Fsp3) is 0.556. The van der Waals surface area contributed by atoms with Crippen LogP contribution >= 0.6 is 11.6 Å². The largest absolute Gasteiger partial charge is 0.490 e. The zero-order valence-corrected chi connectivity index (χ0v) is 28.0. The number of fused-ring (bicyclic) bond motifs is 5. The summed E-state index contributed by atoms with van der Waals surface area (Å²) in [5.41, 5.74) is 3.27. The average molecular weight is 653 g/mol. The number of halogens is 1. The Morgan fingerprint density at radius 2 is 1.98 bits per heavy atom. The minimum absolute atomic E-state index is 0.0404. The molecule has 3 heterocycles. The number of hydrogen-bond acceptors (Lipinski definition) is 6. The molecule has 7 atom stereocenters. The molecule has 2 aliphatic carbocycles. The highest BCUT2D eigenvalue weighted by molar-refractivity contribution is 7.99. The summed E-state index contributed by atoms with van der Waals surface area (Å²) in [5.74, 6) is 5.14. The number of hydrogen-bond donors (Lipinski definition) is 1. The third-order valence-corrected chi connectivity index (χ3v) is 13.7. The first-order valence-electron chi connectivity index (χ1n) is 16.5. The highest BCUT2D eigenvalue weighted by Gasteiger charge is 2.50. The minimum atomic E-state index is -2.92. The van der Waals surface area contributed by atoms with Gasteiger partial charge in [0.2, 0.25) is 0 Å². The van der Waals surface area contributed by atoms with Crippen molar-refractivity contribution in [3.63, 3.8) is 0 Å². The van der Waals surface area contributed by atoms with Gasteiger partial charge in [0.1, 0.15) is 11.4 Å². The number of rotatable bonds is 0. The normalized spacial score (nSPS) is 37.4. The lowest BCUT2D eigenvalue weighted by Crippen LogP contribution is -2.56. The topological polar surface area (TPSA) is 77.1 Å². The fourth-order valence-electron chi connectivity index (χ4n) is 8.32. The van der Waals surface area contributed by atoms with Crippen LogP contribution in [0.25, 0.3) is 0 Å². The van der Waals surface area contributed by atoms with Crippen LogP contribution in [0, 0.1) is 17.8 Å². The number of amides is 1. The van der Waals surface area contributed by atoms with E-state index in [1.807, 2.05) is 25.1 Å². The molecule has 2 aromatic carbocycles. The molecule has 1 saturated heterocycles. The van der Waals surface area contributed by atoms with E-state index >= 15 is 0 Å². The van der Waals surface area contributed by atoms with Crippen molar-refractivity contribution in [2.24, 2.45) is 17.8 Å². The molecule has 7 rings (SSSR count). The summed E-state index contributed by atoms with van der Waals surface area (Å²) in [5, 5.41) is 0.440. The number of nitrogens with zero attached hydrogens (tertiary/aromatic N) is 1.